The second-order valence-electron chi connectivity index (χ2n) is 3.78. The molecule has 0 atom stereocenters. The summed E-state index contributed by atoms with van der Waals surface area (Å²) in [7, 11) is 4.02. The molecule has 0 bridgehead atoms. The third-order valence-electron chi connectivity index (χ3n) is 2.09. The third kappa shape index (κ3) is 3.98. The molecular formula is C12H20N2O2. The summed E-state index contributed by atoms with van der Waals surface area (Å²) in [6, 6.07) is 5.48. The number of hydrogen-bond donors (Lipinski definition) is 1. The SMILES string of the molecule is CCOc1cc(OCCN(C)C)ccc1N. The van der Waals surface area contributed by atoms with Crippen molar-refractivity contribution in [3.8, 4) is 11.5 Å². The first-order chi connectivity index (χ1) is 7.63. The molecule has 0 spiro atoms. The molecule has 0 aliphatic heterocycles. The number of likely N-dealkylation sites (N-methyl/N-ethyl adjacent to an activating group) is 1. The third-order valence-corrected chi connectivity index (χ3v) is 2.09. The molecule has 1 rings (SSSR count). The number of rotatable bonds is 6. The molecule has 0 radical (unpaired) electrons. The summed E-state index contributed by atoms with van der Waals surface area (Å²) in [6.45, 7) is 4.07. The monoisotopic (exact) mass is 224 g/mol. The fraction of sp³-hybridized carbons (Fsp3) is 0.500. The summed E-state index contributed by atoms with van der Waals surface area (Å²) in [5.74, 6) is 1.48. The number of hydrogen-bond acceptors (Lipinski definition) is 4. The van der Waals surface area contributed by atoms with E-state index in [2.05, 4.69) is 4.90 Å². The molecule has 0 saturated heterocycles. The summed E-state index contributed by atoms with van der Waals surface area (Å²) in [4.78, 5) is 2.07. The molecule has 1 aromatic carbocycles. The number of nitrogen functional groups attached to an aromatic ring is 1. The molecule has 0 aromatic heterocycles. The van der Waals surface area contributed by atoms with Gasteiger partial charge in [0.15, 0.2) is 0 Å². The summed E-state index contributed by atoms with van der Waals surface area (Å²) in [5.41, 5.74) is 6.40. The lowest BCUT2D eigenvalue weighted by Gasteiger charge is -2.12. The van der Waals surface area contributed by atoms with E-state index < -0.39 is 0 Å². The molecular weight excluding hydrogens is 204 g/mol. The minimum absolute atomic E-state index is 0.603. The second-order valence-corrected chi connectivity index (χ2v) is 3.78. The van der Waals surface area contributed by atoms with Crippen LogP contribution in [0.3, 0.4) is 0 Å². The van der Waals surface area contributed by atoms with Crippen molar-refractivity contribution in [1.29, 1.82) is 0 Å². The van der Waals surface area contributed by atoms with Gasteiger partial charge in [0.05, 0.1) is 12.3 Å². The molecule has 4 nitrogen and oxygen atoms in total. The van der Waals surface area contributed by atoms with Crippen LogP contribution in [0.15, 0.2) is 18.2 Å². The Hall–Kier alpha value is -1.42. The van der Waals surface area contributed by atoms with E-state index in [1.54, 1.807) is 6.07 Å². The van der Waals surface area contributed by atoms with E-state index in [9.17, 15) is 0 Å². The summed E-state index contributed by atoms with van der Waals surface area (Å²) in [5, 5.41) is 0. The summed E-state index contributed by atoms with van der Waals surface area (Å²) < 4.78 is 11.0. The van der Waals surface area contributed by atoms with Gasteiger partial charge in [-0.3, -0.25) is 0 Å². The lowest BCUT2D eigenvalue weighted by molar-refractivity contribution is 0.259. The van der Waals surface area contributed by atoms with E-state index in [4.69, 9.17) is 15.2 Å². The topological polar surface area (TPSA) is 47.7 Å². The van der Waals surface area contributed by atoms with Crippen LogP contribution >= 0.6 is 0 Å². The number of anilines is 1. The van der Waals surface area contributed by atoms with Crippen LogP contribution < -0.4 is 15.2 Å². The Balaban J connectivity index is 2.56. The van der Waals surface area contributed by atoms with E-state index in [0.29, 0.717) is 24.7 Å². The highest BCUT2D eigenvalue weighted by atomic mass is 16.5. The molecule has 0 aliphatic rings. The van der Waals surface area contributed by atoms with E-state index >= 15 is 0 Å². The number of nitrogens with two attached hydrogens (primary N) is 1. The Morgan fingerprint density at radius 2 is 2.00 bits per heavy atom. The maximum atomic E-state index is 5.76. The predicted molar refractivity (Wildman–Crippen MR) is 66.1 cm³/mol. The largest absolute Gasteiger partial charge is 0.492 e. The number of benzene rings is 1. The van der Waals surface area contributed by atoms with Gasteiger partial charge in [0.2, 0.25) is 0 Å². The molecule has 2 N–H and O–H groups in total. The number of ether oxygens (including phenoxy) is 2. The molecule has 0 aliphatic carbocycles. The van der Waals surface area contributed by atoms with Crippen molar-refractivity contribution >= 4 is 5.69 Å². The van der Waals surface area contributed by atoms with E-state index in [-0.39, 0.29) is 0 Å². The zero-order valence-electron chi connectivity index (χ0n) is 10.2. The first-order valence-corrected chi connectivity index (χ1v) is 5.43. The maximum absolute atomic E-state index is 5.76. The van der Waals surface area contributed by atoms with Crippen LogP contribution in [0.4, 0.5) is 5.69 Å². The van der Waals surface area contributed by atoms with Crippen molar-refractivity contribution in [1.82, 2.24) is 4.90 Å². The van der Waals surface area contributed by atoms with E-state index in [1.165, 1.54) is 0 Å². The smallest absolute Gasteiger partial charge is 0.145 e. The van der Waals surface area contributed by atoms with E-state index in [0.717, 1.165) is 12.3 Å². The maximum Gasteiger partial charge on any atom is 0.145 e. The van der Waals surface area contributed by atoms with Gasteiger partial charge in [-0.15, -0.1) is 0 Å². The van der Waals surface area contributed by atoms with Crippen LogP contribution in [0, 0.1) is 0 Å². The lowest BCUT2D eigenvalue weighted by atomic mass is 10.3. The first kappa shape index (κ1) is 12.6. The van der Waals surface area contributed by atoms with Gasteiger partial charge < -0.3 is 20.1 Å². The molecule has 0 fully saturated rings. The van der Waals surface area contributed by atoms with Crippen LogP contribution in [0.1, 0.15) is 6.92 Å². The number of nitrogens with zero attached hydrogens (tertiary/aromatic N) is 1. The van der Waals surface area contributed by atoms with Crippen LogP contribution in [-0.4, -0.2) is 38.8 Å². The van der Waals surface area contributed by atoms with Crippen molar-refractivity contribution in [2.75, 3.05) is 39.6 Å². The van der Waals surface area contributed by atoms with Gasteiger partial charge in [0.1, 0.15) is 18.1 Å². The highest BCUT2D eigenvalue weighted by molar-refractivity contribution is 5.55. The Bertz CT molecular complexity index is 327. The zero-order chi connectivity index (χ0) is 12.0. The summed E-state index contributed by atoms with van der Waals surface area (Å²) >= 11 is 0. The molecule has 16 heavy (non-hydrogen) atoms. The molecule has 90 valence electrons. The van der Waals surface area contributed by atoms with Crippen molar-refractivity contribution in [3.05, 3.63) is 18.2 Å². The molecule has 0 amide bonds. The van der Waals surface area contributed by atoms with Gasteiger partial charge >= 0.3 is 0 Å². The van der Waals surface area contributed by atoms with E-state index in [1.807, 2.05) is 33.2 Å². The van der Waals surface area contributed by atoms with Gasteiger partial charge in [-0.1, -0.05) is 0 Å². The minimum Gasteiger partial charge on any atom is -0.492 e. The Labute approximate surface area is 96.9 Å². The standard InChI is InChI=1S/C12H20N2O2/c1-4-15-12-9-10(5-6-11(12)13)16-8-7-14(2)3/h5-6,9H,4,7-8,13H2,1-3H3. The van der Waals surface area contributed by atoms with Crippen LogP contribution in [0.25, 0.3) is 0 Å². The average molecular weight is 224 g/mol. The molecule has 1 aromatic rings. The van der Waals surface area contributed by atoms with Crippen molar-refractivity contribution in [3.63, 3.8) is 0 Å². The van der Waals surface area contributed by atoms with Crippen molar-refractivity contribution < 1.29 is 9.47 Å². The normalized spacial score (nSPS) is 10.5. The Morgan fingerprint density at radius 1 is 1.25 bits per heavy atom. The van der Waals surface area contributed by atoms with Crippen LogP contribution in [-0.2, 0) is 0 Å². The van der Waals surface area contributed by atoms with Crippen LogP contribution in [0.5, 0.6) is 11.5 Å². The molecule has 0 saturated carbocycles. The van der Waals surface area contributed by atoms with Gasteiger partial charge in [0.25, 0.3) is 0 Å². The molecule has 0 heterocycles. The molecule has 4 heteroatoms. The van der Waals surface area contributed by atoms with Crippen LogP contribution in [0.2, 0.25) is 0 Å². The Kier molecular flexibility index (Phi) is 4.92. The van der Waals surface area contributed by atoms with Crippen molar-refractivity contribution in [2.45, 2.75) is 6.92 Å². The van der Waals surface area contributed by atoms with Gasteiger partial charge in [0, 0.05) is 12.6 Å². The quantitative estimate of drug-likeness (QED) is 0.746. The zero-order valence-corrected chi connectivity index (χ0v) is 10.2. The average Bonchev–Trinajstić information content (AvgIpc) is 2.22. The Morgan fingerprint density at radius 3 is 2.62 bits per heavy atom. The van der Waals surface area contributed by atoms with Gasteiger partial charge in [-0.05, 0) is 33.2 Å². The van der Waals surface area contributed by atoms with Crippen molar-refractivity contribution in [2.24, 2.45) is 0 Å². The fourth-order valence-corrected chi connectivity index (χ4v) is 1.23. The highest BCUT2D eigenvalue weighted by Gasteiger charge is 2.02. The predicted octanol–water partition coefficient (Wildman–Crippen LogP) is 1.61. The van der Waals surface area contributed by atoms with Gasteiger partial charge in [-0.2, -0.15) is 0 Å². The first-order valence-electron chi connectivity index (χ1n) is 5.43. The highest BCUT2D eigenvalue weighted by Crippen LogP contribution is 2.26. The van der Waals surface area contributed by atoms with Gasteiger partial charge in [-0.25, -0.2) is 0 Å². The minimum atomic E-state index is 0.603. The molecule has 0 unspecified atom stereocenters. The summed E-state index contributed by atoms with van der Waals surface area (Å²) in [6.07, 6.45) is 0. The fourth-order valence-electron chi connectivity index (χ4n) is 1.23. The second kappa shape index (κ2) is 6.23. The lowest BCUT2D eigenvalue weighted by Crippen LogP contribution is -2.19.